The van der Waals surface area contributed by atoms with Gasteiger partial charge < -0.3 is 15.5 Å². The maximum Gasteiger partial charge on any atom is 0.191 e. The molecule has 1 aliphatic rings. The Morgan fingerprint density at radius 1 is 1.08 bits per heavy atom. The van der Waals surface area contributed by atoms with Crippen LogP contribution in [0.5, 0.6) is 0 Å². The summed E-state index contributed by atoms with van der Waals surface area (Å²) < 4.78 is 1.99. The molecule has 0 aliphatic carbocycles. The number of fused-ring (bicyclic) bond motifs is 1. The average Bonchev–Trinajstić information content (AvgIpc) is 3.11. The van der Waals surface area contributed by atoms with E-state index in [0.717, 1.165) is 24.0 Å². The van der Waals surface area contributed by atoms with Crippen molar-refractivity contribution in [2.45, 2.75) is 45.1 Å². The summed E-state index contributed by atoms with van der Waals surface area (Å²) >= 11 is 0. The van der Waals surface area contributed by atoms with Crippen LogP contribution in [0.1, 0.15) is 44.3 Å². The minimum absolute atomic E-state index is 0.597. The van der Waals surface area contributed by atoms with Crippen LogP contribution in [0, 0.1) is 0 Å². The number of pyridine rings is 1. The van der Waals surface area contributed by atoms with Gasteiger partial charge in [-0.05, 0) is 57.5 Å². The lowest BCUT2D eigenvalue weighted by Gasteiger charge is -2.26. The molecule has 7 heteroatoms. The molecule has 0 spiro atoms. The third kappa shape index (κ3) is 5.42. The second-order valence-corrected chi connectivity index (χ2v) is 6.86. The molecule has 7 nitrogen and oxygen atoms in total. The van der Waals surface area contributed by atoms with Crippen LogP contribution in [0.25, 0.3) is 5.65 Å². The van der Waals surface area contributed by atoms with Crippen molar-refractivity contribution in [3.05, 3.63) is 30.2 Å². The summed E-state index contributed by atoms with van der Waals surface area (Å²) in [4.78, 5) is 6.90. The number of guanidine groups is 1. The van der Waals surface area contributed by atoms with Crippen LogP contribution in [-0.2, 0) is 6.54 Å². The van der Waals surface area contributed by atoms with E-state index in [1.165, 1.54) is 58.2 Å². The Morgan fingerprint density at radius 3 is 2.81 bits per heavy atom. The van der Waals surface area contributed by atoms with E-state index in [1.54, 1.807) is 7.05 Å². The van der Waals surface area contributed by atoms with Gasteiger partial charge in [0.1, 0.15) is 0 Å². The minimum Gasteiger partial charge on any atom is -0.356 e. The molecule has 26 heavy (non-hydrogen) atoms. The molecule has 1 aliphatic heterocycles. The van der Waals surface area contributed by atoms with Gasteiger partial charge in [-0.2, -0.15) is 0 Å². The Balaban J connectivity index is 1.31. The van der Waals surface area contributed by atoms with Crippen molar-refractivity contribution < 1.29 is 0 Å². The molecule has 1 saturated heterocycles. The van der Waals surface area contributed by atoms with Gasteiger partial charge in [0, 0.05) is 19.8 Å². The van der Waals surface area contributed by atoms with Crippen molar-refractivity contribution in [1.29, 1.82) is 0 Å². The number of likely N-dealkylation sites (tertiary alicyclic amines) is 1. The number of aliphatic imine (C=N–C) groups is 1. The van der Waals surface area contributed by atoms with Gasteiger partial charge in [0.05, 0.1) is 6.54 Å². The van der Waals surface area contributed by atoms with Crippen LogP contribution in [0.4, 0.5) is 0 Å². The molecule has 3 rings (SSSR count). The van der Waals surface area contributed by atoms with E-state index in [0.29, 0.717) is 6.54 Å². The molecule has 0 amide bonds. The van der Waals surface area contributed by atoms with E-state index < -0.39 is 0 Å². The van der Waals surface area contributed by atoms with Crippen LogP contribution in [0.3, 0.4) is 0 Å². The largest absolute Gasteiger partial charge is 0.356 e. The summed E-state index contributed by atoms with van der Waals surface area (Å²) in [5.41, 5.74) is 0.862. The van der Waals surface area contributed by atoms with E-state index in [9.17, 15) is 0 Å². The Hall–Kier alpha value is -2.15. The number of hydrogen-bond acceptors (Lipinski definition) is 4. The Kier molecular flexibility index (Phi) is 7.25. The zero-order chi connectivity index (χ0) is 18.0. The van der Waals surface area contributed by atoms with E-state index in [2.05, 4.69) is 30.7 Å². The second kappa shape index (κ2) is 10.1. The molecule has 1 fully saturated rings. The van der Waals surface area contributed by atoms with Gasteiger partial charge in [-0.1, -0.05) is 18.9 Å². The minimum atomic E-state index is 0.597. The predicted octanol–water partition coefficient (Wildman–Crippen LogP) is 2.05. The number of aromatic nitrogens is 3. The fourth-order valence-electron chi connectivity index (χ4n) is 3.42. The van der Waals surface area contributed by atoms with Crippen molar-refractivity contribution in [1.82, 2.24) is 30.1 Å². The van der Waals surface area contributed by atoms with E-state index in [-0.39, 0.29) is 0 Å². The number of nitrogens with one attached hydrogen (secondary N) is 2. The molecule has 2 aromatic rings. The van der Waals surface area contributed by atoms with Gasteiger partial charge in [0.25, 0.3) is 0 Å². The van der Waals surface area contributed by atoms with Gasteiger partial charge in [-0.25, -0.2) is 0 Å². The number of hydrogen-bond donors (Lipinski definition) is 2. The number of nitrogens with zero attached hydrogens (tertiary/aromatic N) is 5. The average molecular weight is 358 g/mol. The van der Waals surface area contributed by atoms with Gasteiger partial charge in [-0.3, -0.25) is 9.39 Å². The zero-order valence-corrected chi connectivity index (χ0v) is 15.8. The first-order valence-corrected chi connectivity index (χ1v) is 9.82. The molecule has 2 N–H and O–H groups in total. The third-order valence-corrected chi connectivity index (χ3v) is 4.91. The highest BCUT2D eigenvalue weighted by Crippen LogP contribution is 2.09. The maximum absolute atomic E-state index is 4.29. The van der Waals surface area contributed by atoms with Gasteiger partial charge in [0.15, 0.2) is 17.4 Å². The van der Waals surface area contributed by atoms with Crippen molar-refractivity contribution in [2.75, 3.05) is 33.2 Å². The summed E-state index contributed by atoms with van der Waals surface area (Å²) in [5, 5.41) is 15.1. The fraction of sp³-hybridized carbons (Fsp3) is 0.632. The van der Waals surface area contributed by atoms with Gasteiger partial charge >= 0.3 is 0 Å². The summed E-state index contributed by atoms with van der Waals surface area (Å²) in [6, 6.07) is 5.90. The molecule has 0 unspecified atom stereocenters. The molecule has 2 aromatic heterocycles. The lowest BCUT2D eigenvalue weighted by molar-refractivity contribution is 0.224. The molecule has 0 radical (unpaired) electrons. The lowest BCUT2D eigenvalue weighted by Crippen LogP contribution is -2.37. The maximum atomic E-state index is 4.29. The van der Waals surface area contributed by atoms with Crippen LogP contribution in [-0.4, -0.2) is 58.7 Å². The smallest absolute Gasteiger partial charge is 0.191 e. The van der Waals surface area contributed by atoms with Crippen LogP contribution >= 0.6 is 0 Å². The van der Waals surface area contributed by atoms with Crippen molar-refractivity contribution in [3.63, 3.8) is 0 Å². The van der Waals surface area contributed by atoms with Crippen molar-refractivity contribution in [3.8, 4) is 0 Å². The monoisotopic (exact) mass is 357 g/mol. The third-order valence-electron chi connectivity index (χ3n) is 4.91. The predicted molar refractivity (Wildman–Crippen MR) is 105 cm³/mol. The Bertz CT molecular complexity index is 688. The first-order chi connectivity index (χ1) is 12.9. The Labute approximate surface area is 155 Å². The number of unbranched alkanes of at least 4 members (excludes halogenated alkanes) is 2. The van der Waals surface area contributed by atoms with Crippen LogP contribution in [0.15, 0.2) is 29.4 Å². The van der Waals surface area contributed by atoms with E-state index in [4.69, 9.17) is 0 Å². The highest BCUT2D eigenvalue weighted by molar-refractivity contribution is 5.79. The number of rotatable bonds is 8. The van der Waals surface area contributed by atoms with Crippen molar-refractivity contribution >= 4 is 11.6 Å². The summed E-state index contributed by atoms with van der Waals surface area (Å²) in [6.07, 6.45) is 9.87. The molecule has 0 atom stereocenters. The quantitative estimate of drug-likeness (QED) is 0.430. The van der Waals surface area contributed by atoms with Crippen molar-refractivity contribution in [2.24, 2.45) is 4.99 Å². The molecule has 0 saturated carbocycles. The number of piperidine rings is 1. The van der Waals surface area contributed by atoms with E-state index in [1.807, 2.05) is 28.8 Å². The summed E-state index contributed by atoms with van der Waals surface area (Å²) in [5.74, 6) is 1.69. The normalized spacial score (nSPS) is 16.1. The highest BCUT2D eigenvalue weighted by atomic mass is 15.3. The van der Waals surface area contributed by atoms with Crippen LogP contribution < -0.4 is 10.6 Å². The second-order valence-electron chi connectivity index (χ2n) is 6.86. The van der Waals surface area contributed by atoms with Gasteiger partial charge in [0.2, 0.25) is 0 Å². The van der Waals surface area contributed by atoms with E-state index >= 15 is 0 Å². The molecular weight excluding hydrogens is 326 g/mol. The highest BCUT2D eigenvalue weighted by Gasteiger charge is 2.09. The topological polar surface area (TPSA) is 69.8 Å². The molecular formula is C19H31N7. The molecule has 0 bridgehead atoms. The molecule has 142 valence electrons. The molecule has 0 aromatic carbocycles. The fourth-order valence-corrected chi connectivity index (χ4v) is 3.42. The molecule has 3 heterocycles. The first kappa shape index (κ1) is 18.6. The summed E-state index contributed by atoms with van der Waals surface area (Å²) in [7, 11) is 1.80. The lowest BCUT2D eigenvalue weighted by atomic mass is 10.1. The zero-order valence-electron chi connectivity index (χ0n) is 15.8. The van der Waals surface area contributed by atoms with Gasteiger partial charge in [-0.15, -0.1) is 10.2 Å². The SMILES string of the molecule is CN=C(NCCCCCN1CCCCC1)NCc1nnc2ccccn12. The Morgan fingerprint density at radius 2 is 1.96 bits per heavy atom. The summed E-state index contributed by atoms with van der Waals surface area (Å²) in [6.45, 7) is 5.39. The first-order valence-electron chi connectivity index (χ1n) is 9.82. The standard InChI is InChI=1S/C19H31N7/c1-20-19(21-11-5-2-6-12-25-13-7-3-8-14-25)22-16-18-24-23-17-10-4-9-15-26(17)18/h4,9-10,15H,2-3,5-8,11-14,16H2,1H3,(H2,20,21,22). The van der Waals surface area contributed by atoms with Crippen LogP contribution in [0.2, 0.25) is 0 Å².